The minimum absolute atomic E-state index is 0.190. The summed E-state index contributed by atoms with van der Waals surface area (Å²) < 4.78 is 0. The molecule has 1 saturated carbocycles. The van der Waals surface area contributed by atoms with E-state index in [9.17, 15) is 4.79 Å². The summed E-state index contributed by atoms with van der Waals surface area (Å²) in [6.07, 6.45) is 7.57. The molecule has 1 spiro atoms. The lowest BCUT2D eigenvalue weighted by atomic mass is 9.77. The SMILES string of the molecule is Cc1ccc(C2(C(=O)N3CCC[C@]4(CCN4Cc4cnc(C)s4)C3)CC2)cc1. The van der Waals surface area contributed by atoms with Crippen molar-refractivity contribution in [2.75, 3.05) is 19.6 Å². The number of piperidine rings is 1. The molecule has 3 aliphatic rings. The standard InChI is InChI=1S/C23H29N3OS/c1-17-4-6-19(7-5-17)23(9-10-23)21(27)25-12-3-8-22(16-25)11-13-26(22)15-20-14-24-18(2)28-20/h4-7,14H,3,8-13,15-16H2,1-2H3/t22-/m0/s1. The van der Waals surface area contributed by atoms with Crippen molar-refractivity contribution in [3.05, 3.63) is 51.5 Å². The van der Waals surface area contributed by atoms with E-state index >= 15 is 0 Å². The molecular weight excluding hydrogens is 366 g/mol. The van der Waals surface area contributed by atoms with Crippen LogP contribution < -0.4 is 0 Å². The smallest absolute Gasteiger partial charge is 0.233 e. The van der Waals surface area contributed by atoms with Gasteiger partial charge in [-0.25, -0.2) is 4.98 Å². The second-order valence-corrected chi connectivity index (χ2v) is 10.3. The first-order valence-electron chi connectivity index (χ1n) is 10.5. The molecule has 3 heterocycles. The lowest BCUT2D eigenvalue weighted by Gasteiger charge is -2.57. The molecule has 0 unspecified atom stereocenters. The molecule has 2 saturated heterocycles. The van der Waals surface area contributed by atoms with Crippen molar-refractivity contribution in [1.29, 1.82) is 0 Å². The van der Waals surface area contributed by atoms with E-state index in [2.05, 4.69) is 52.9 Å². The van der Waals surface area contributed by atoms with Gasteiger partial charge in [0, 0.05) is 42.8 Å². The van der Waals surface area contributed by atoms with Crippen LogP contribution in [0.2, 0.25) is 0 Å². The van der Waals surface area contributed by atoms with Crippen LogP contribution in [0, 0.1) is 13.8 Å². The molecule has 148 valence electrons. The van der Waals surface area contributed by atoms with Crippen molar-refractivity contribution >= 4 is 17.2 Å². The van der Waals surface area contributed by atoms with E-state index in [1.165, 1.54) is 28.8 Å². The molecule has 3 fully saturated rings. The van der Waals surface area contributed by atoms with Gasteiger partial charge in [-0.3, -0.25) is 9.69 Å². The van der Waals surface area contributed by atoms with Gasteiger partial charge < -0.3 is 4.90 Å². The Labute approximate surface area is 171 Å². The fourth-order valence-electron chi connectivity index (χ4n) is 5.17. The number of aromatic nitrogens is 1. The van der Waals surface area contributed by atoms with Crippen LogP contribution in [0.1, 0.15) is 53.1 Å². The van der Waals surface area contributed by atoms with Gasteiger partial charge in [0.15, 0.2) is 0 Å². The van der Waals surface area contributed by atoms with Crippen molar-refractivity contribution in [3.63, 3.8) is 0 Å². The summed E-state index contributed by atoms with van der Waals surface area (Å²) in [6, 6.07) is 8.62. The molecule has 28 heavy (non-hydrogen) atoms. The molecule has 0 radical (unpaired) electrons. The maximum absolute atomic E-state index is 13.6. The summed E-state index contributed by atoms with van der Waals surface area (Å²) in [5, 5.41) is 1.14. The topological polar surface area (TPSA) is 36.4 Å². The molecular formula is C23H29N3OS. The predicted molar refractivity (Wildman–Crippen MR) is 113 cm³/mol. The first kappa shape index (κ1) is 18.3. The molecule has 0 bridgehead atoms. The molecule has 2 aliphatic heterocycles. The highest BCUT2D eigenvalue weighted by molar-refractivity contribution is 7.11. The minimum atomic E-state index is -0.240. The van der Waals surface area contributed by atoms with Gasteiger partial charge in [-0.2, -0.15) is 0 Å². The minimum Gasteiger partial charge on any atom is -0.340 e. The van der Waals surface area contributed by atoms with E-state index in [4.69, 9.17) is 0 Å². The van der Waals surface area contributed by atoms with Gasteiger partial charge >= 0.3 is 0 Å². The van der Waals surface area contributed by atoms with Gasteiger partial charge in [-0.15, -0.1) is 11.3 Å². The van der Waals surface area contributed by atoms with Crippen molar-refractivity contribution in [3.8, 4) is 0 Å². The molecule has 1 aromatic carbocycles. The van der Waals surface area contributed by atoms with E-state index in [-0.39, 0.29) is 11.0 Å². The van der Waals surface area contributed by atoms with E-state index in [1.807, 2.05) is 6.20 Å². The fourth-order valence-corrected chi connectivity index (χ4v) is 5.98. The molecule has 1 aromatic heterocycles. The van der Waals surface area contributed by atoms with E-state index < -0.39 is 0 Å². The molecule has 4 nitrogen and oxygen atoms in total. The Hall–Kier alpha value is -1.72. The quantitative estimate of drug-likeness (QED) is 0.783. The number of nitrogens with zero attached hydrogens (tertiary/aromatic N) is 3. The summed E-state index contributed by atoms with van der Waals surface area (Å²) in [5.41, 5.74) is 2.42. The van der Waals surface area contributed by atoms with Crippen LogP contribution in [0.3, 0.4) is 0 Å². The second-order valence-electron chi connectivity index (χ2n) is 9.02. The van der Waals surface area contributed by atoms with Gasteiger partial charge in [0.05, 0.1) is 10.4 Å². The average Bonchev–Trinajstić information content (AvgIpc) is 3.41. The summed E-state index contributed by atoms with van der Waals surface area (Å²) >= 11 is 1.80. The Balaban J connectivity index is 1.31. The number of hydrogen-bond donors (Lipinski definition) is 0. The van der Waals surface area contributed by atoms with Crippen LogP contribution in [-0.4, -0.2) is 45.9 Å². The fraction of sp³-hybridized carbons (Fsp3) is 0.565. The second kappa shape index (κ2) is 6.67. The maximum atomic E-state index is 13.6. The monoisotopic (exact) mass is 395 g/mol. The normalized spacial score (nSPS) is 26.3. The van der Waals surface area contributed by atoms with Gasteiger partial charge in [-0.1, -0.05) is 29.8 Å². The Kier molecular flexibility index (Phi) is 4.36. The molecule has 1 aliphatic carbocycles. The maximum Gasteiger partial charge on any atom is 0.233 e. The van der Waals surface area contributed by atoms with E-state index in [0.29, 0.717) is 5.91 Å². The molecule has 5 rings (SSSR count). The highest BCUT2D eigenvalue weighted by Crippen LogP contribution is 2.51. The van der Waals surface area contributed by atoms with Crippen LogP contribution in [0.4, 0.5) is 0 Å². The summed E-state index contributed by atoms with van der Waals surface area (Å²) in [7, 11) is 0. The summed E-state index contributed by atoms with van der Waals surface area (Å²) in [5.74, 6) is 0.371. The molecule has 2 aromatic rings. The van der Waals surface area contributed by atoms with Crippen LogP contribution in [0.15, 0.2) is 30.5 Å². The van der Waals surface area contributed by atoms with Gasteiger partial charge in [0.2, 0.25) is 5.91 Å². The summed E-state index contributed by atoms with van der Waals surface area (Å²) in [6.45, 7) is 8.12. The number of rotatable bonds is 4. The van der Waals surface area contributed by atoms with Crippen molar-refractivity contribution in [1.82, 2.24) is 14.8 Å². The number of carbonyl (C=O) groups is 1. The first-order chi connectivity index (χ1) is 13.5. The highest BCUT2D eigenvalue weighted by Gasteiger charge is 2.56. The Morgan fingerprint density at radius 3 is 2.50 bits per heavy atom. The third-order valence-electron chi connectivity index (χ3n) is 7.14. The first-order valence-corrected chi connectivity index (χ1v) is 11.4. The highest BCUT2D eigenvalue weighted by atomic mass is 32.1. The van der Waals surface area contributed by atoms with Crippen LogP contribution in [0.5, 0.6) is 0 Å². The van der Waals surface area contributed by atoms with Gasteiger partial charge in [0.25, 0.3) is 0 Å². The Bertz CT molecular complexity index is 886. The molecule has 1 atom stereocenters. The zero-order valence-electron chi connectivity index (χ0n) is 16.9. The number of aryl methyl sites for hydroxylation is 2. The number of carbonyl (C=O) groups excluding carboxylic acids is 1. The number of benzene rings is 1. The molecule has 5 heteroatoms. The van der Waals surface area contributed by atoms with Crippen LogP contribution in [-0.2, 0) is 16.8 Å². The molecule has 0 N–H and O–H groups in total. The van der Waals surface area contributed by atoms with Crippen molar-refractivity contribution in [2.24, 2.45) is 0 Å². The number of likely N-dealkylation sites (tertiary alicyclic amines) is 2. The third kappa shape index (κ3) is 3.00. The number of hydrogen-bond acceptors (Lipinski definition) is 4. The lowest BCUT2D eigenvalue weighted by molar-refractivity contribution is -0.143. The van der Waals surface area contributed by atoms with Crippen LogP contribution in [0.25, 0.3) is 0 Å². The Morgan fingerprint density at radius 2 is 1.89 bits per heavy atom. The Morgan fingerprint density at radius 1 is 1.11 bits per heavy atom. The van der Waals surface area contributed by atoms with Crippen LogP contribution >= 0.6 is 11.3 Å². The molecule has 1 amide bonds. The summed E-state index contributed by atoms with van der Waals surface area (Å²) in [4.78, 5) is 24.1. The zero-order valence-corrected chi connectivity index (χ0v) is 17.7. The van der Waals surface area contributed by atoms with Crippen molar-refractivity contribution < 1.29 is 4.79 Å². The number of amides is 1. The zero-order chi connectivity index (χ0) is 19.4. The average molecular weight is 396 g/mol. The van der Waals surface area contributed by atoms with E-state index in [1.54, 1.807) is 11.3 Å². The van der Waals surface area contributed by atoms with Gasteiger partial charge in [-0.05, 0) is 51.5 Å². The number of thiazole rings is 1. The largest absolute Gasteiger partial charge is 0.340 e. The van der Waals surface area contributed by atoms with E-state index in [0.717, 1.165) is 50.4 Å². The van der Waals surface area contributed by atoms with Gasteiger partial charge in [0.1, 0.15) is 0 Å². The third-order valence-corrected chi connectivity index (χ3v) is 8.04. The predicted octanol–water partition coefficient (Wildman–Crippen LogP) is 4.06. The van der Waals surface area contributed by atoms with Crippen molar-refractivity contribution in [2.45, 2.75) is 63.5 Å². The lowest BCUT2D eigenvalue weighted by Crippen LogP contribution is -2.67.